The summed E-state index contributed by atoms with van der Waals surface area (Å²) >= 11 is 0. The summed E-state index contributed by atoms with van der Waals surface area (Å²) in [5, 5.41) is 8.80. The predicted octanol–water partition coefficient (Wildman–Crippen LogP) is 1.40. The van der Waals surface area contributed by atoms with Gasteiger partial charge in [0.25, 0.3) is 0 Å². The Kier molecular flexibility index (Phi) is 5.23. The van der Waals surface area contributed by atoms with E-state index in [4.69, 9.17) is 9.84 Å². The smallest absolute Gasteiger partial charge is 0.320 e. The number of carbonyl (C=O) groups excluding carboxylic acids is 1. The van der Waals surface area contributed by atoms with Crippen LogP contribution in [0, 0.1) is 5.92 Å². The number of hydrogen-bond donors (Lipinski definition) is 1. The summed E-state index contributed by atoms with van der Waals surface area (Å²) in [7, 11) is 1.65. The highest BCUT2D eigenvalue weighted by Gasteiger charge is 2.35. The summed E-state index contributed by atoms with van der Waals surface area (Å²) < 4.78 is 5.07. The topological polar surface area (TPSA) is 70.1 Å². The zero-order valence-corrected chi connectivity index (χ0v) is 12.1. The number of urea groups is 1. The average molecular weight is 284 g/mol. The molecule has 0 aromatic heterocycles. The molecule has 0 aromatic carbocycles. The van der Waals surface area contributed by atoms with Crippen LogP contribution >= 0.6 is 0 Å². The van der Waals surface area contributed by atoms with Crippen LogP contribution < -0.4 is 0 Å². The second-order valence-corrected chi connectivity index (χ2v) is 5.73. The highest BCUT2D eigenvalue weighted by molar-refractivity contribution is 5.75. The molecule has 1 N–H and O–H groups in total. The maximum absolute atomic E-state index is 12.5. The van der Waals surface area contributed by atoms with Gasteiger partial charge in [-0.1, -0.05) is 0 Å². The maximum Gasteiger partial charge on any atom is 0.320 e. The quantitative estimate of drug-likeness (QED) is 0.800. The van der Waals surface area contributed by atoms with Crippen molar-refractivity contribution in [2.75, 3.05) is 33.4 Å². The number of carboxylic acid groups (broad SMARTS) is 1. The van der Waals surface area contributed by atoms with Crippen LogP contribution in [0.15, 0.2) is 0 Å². The summed E-state index contributed by atoms with van der Waals surface area (Å²) in [5.41, 5.74) is 0. The first-order chi connectivity index (χ1) is 9.61. The van der Waals surface area contributed by atoms with E-state index in [0.29, 0.717) is 32.3 Å². The predicted molar refractivity (Wildman–Crippen MR) is 73.5 cm³/mol. The fourth-order valence-corrected chi connectivity index (χ4v) is 2.77. The molecule has 0 radical (unpaired) electrons. The van der Waals surface area contributed by atoms with Gasteiger partial charge in [-0.25, -0.2) is 4.79 Å². The fourth-order valence-electron chi connectivity index (χ4n) is 2.77. The van der Waals surface area contributed by atoms with Crippen molar-refractivity contribution in [2.45, 2.75) is 38.1 Å². The number of likely N-dealkylation sites (tertiary alicyclic amines) is 1. The van der Waals surface area contributed by atoms with Crippen LogP contribution in [0.4, 0.5) is 4.79 Å². The third-order valence-electron chi connectivity index (χ3n) is 4.12. The third kappa shape index (κ3) is 4.10. The Labute approximate surface area is 119 Å². The van der Waals surface area contributed by atoms with E-state index in [0.717, 1.165) is 25.7 Å². The highest BCUT2D eigenvalue weighted by atomic mass is 16.5. The van der Waals surface area contributed by atoms with E-state index in [1.807, 2.05) is 9.80 Å². The minimum atomic E-state index is -0.741. The lowest BCUT2D eigenvalue weighted by Crippen LogP contribution is -2.48. The van der Waals surface area contributed by atoms with Gasteiger partial charge in [0.15, 0.2) is 0 Å². The molecule has 6 heteroatoms. The summed E-state index contributed by atoms with van der Waals surface area (Å²) in [6.07, 6.45) is 3.98. The van der Waals surface area contributed by atoms with E-state index < -0.39 is 5.97 Å². The van der Waals surface area contributed by atoms with Crippen LogP contribution in [0.2, 0.25) is 0 Å². The molecule has 114 valence electrons. The molecule has 0 aromatic rings. The molecule has 0 unspecified atom stereocenters. The molecule has 0 atom stereocenters. The molecule has 1 heterocycles. The molecule has 2 aliphatic rings. The molecule has 20 heavy (non-hydrogen) atoms. The van der Waals surface area contributed by atoms with Crippen LogP contribution in [-0.2, 0) is 9.53 Å². The van der Waals surface area contributed by atoms with Crippen LogP contribution in [0.25, 0.3) is 0 Å². The molecule has 0 bridgehead atoms. The van der Waals surface area contributed by atoms with Gasteiger partial charge in [0.1, 0.15) is 0 Å². The van der Waals surface area contributed by atoms with Crippen molar-refractivity contribution >= 4 is 12.0 Å². The summed E-state index contributed by atoms with van der Waals surface area (Å²) in [6.45, 7) is 2.56. The fraction of sp³-hybridized carbons (Fsp3) is 0.857. The largest absolute Gasteiger partial charge is 0.481 e. The zero-order valence-electron chi connectivity index (χ0n) is 12.1. The van der Waals surface area contributed by atoms with Crippen molar-refractivity contribution in [3.63, 3.8) is 0 Å². The van der Waals surface area contributed by atoms with Crippen molar-refractivity contribution < 1.29 is 19.4 Å². The number of rotatable bonds is 6. The number of methoxy groups -OCH3 is 1. The third-order valence-corrected chi connectivity index (χ3v) is 4.12. The normalized spacial score (nSPS) is 19.9. The summed E-state index contributed by atoms with van der Waals surface area (Å²) in [5.74, 6) is -0.528. The molecule has 2 amide bonds. The second-order valence-electron chi connectivity index (χ2n) is 5.73. The Morgan fingerprint density at radius 3 is 2.40 bits per heavy atom. The SMILES string of the molecule is COCCN(C(=O)N1CCC(CC(=O)O)CC1)C1CC1. The Morgan fingerprint density at radius 1 is 1.25 bits per heavy atom. The van der Waals surface area contributed by atoms with E-state index in [1.54, 1.807) is 7.11 Å². The Bertz CT molecular complexity index is 349. The van der Waals surface area contributed by atoms with Crippen molar-refractivity contribution in [3.05, 3.63) is 0 Å². The Hall–Kier alpha value is -1.30. The number of carbonyl (C=O) groups is 2. The number of ether oxygens (including phenoxy) is 1. The maximum atomic E-state index is 12.5. The van der Waals surface area contributed by atoms with Gasteiger partial charge in [0.05, 0.1) is 6.61 Å². The van der Waals surface area contributed by atoms with Gasteiger partial charge in [-0.15, -0.1) is 0 Å². The molecule has 0 spiro atoms. The number of piperidine rings is 1. The second kappa shape index (κ2) is 6.92. The Balaban J connectivity index is 1.81. The van der Waals surface area contributed by atoms with Crippen molar-refractivity contribution in [3.8, 4) is 0 Å². The number of carboxylic acids is 1. The van der Waals surface area contributed by atoms with Crippen molar-refractivity contribution in [1.82, 2.24) is 9.80 Å². The molecule has 2 rings (SSSR count). The first kappa shape index (κ1) is 15.1. The molecule has 1 aliphatic carbocycles. The van der Waals surface area contributed by atoms with Crippen LogP contribution in [0.1, 0.15) is 32.1 Å². The molecular weight excluding hydrogens is 260 g/mol. The molecule has 2 fully saturated rings. The highest BCUT2D eigenvalue weighted by Crippen LogP contribution is 2.29. The molecular formula is C14H24N2O4. The van der Waals surface area contributed by atoms with E-state index in [2.05, 4.69) is 0 Å². The standard InChI is InChI=1S/C14H24N2O4/c1-20-9-8-16(12-2-3-12)14(19)15-6-4-11(5-7-15)10-13(17)18/h11-12H,2-10H2,1H3,(H,17,18). The summed E-state index contributed by atoms with van der Waals surface area (Å²) in [4.78, 5) is 27.0. The van der Waals surface area contributed by atoms with Crippen LogP contribution in [0.3, 0.4) is 0 Å². The monoisotopic (exact) mass is 284 g/mol. The lowest BCUT2D eigenvalue weighted by Gasteiger charge is -2.35. The van der Waals surface area contributed by atoms with Crippen LogP contribution in [-0.4, -0.2) is 66.3 Å². The van der Waals surface area contributed by atoms with Gasteiger partial charge in [0.2, 0.25) is 0 Å². The first-order valence-corrected chi connectivity index (χ1v) is 7.38. The zero-order chi connectivity index (χ0) is 14.5. The van der Waals surface area contributed by atoms with Gasteiger partial charge in [-0.05, 0) is 31.6 Å². The van der Waals surface area contributed by atoms with Gasteiger partial charge >= 0.3 is 12.0 Å². The lowest BCUT2D eigenvalue weighted by molar-refractivity contribution is -0.138. The number of hydrogen-bond acceptors (Lipinski definition) is 3. The minimum Gasteiger partial charge on any atom is -0.481 e. The number of amides is 2. The molecule has 6 nitrogen and oxygen atoms in total. The summed E-state index contributed by atoms with van der Waals surface area (Å²) in [6, 6.07) is 0.479. The van der Waals surface area contributed by atoms with Gasteiger partial charge in [0, 0.05) is 39.2 Å². The number of nitrogens with zero attached hydrogens (tertiary/aromatic N) is 2. The van der Waals surface area contributed by atoms with E-state index in [-0.39, 0.29) is 18.4 Å². The average Bonchev–Trinajstić information content (AvgIpc) is 3.24. The first-order valence-electron chi connectivity index (χ1n) is 7.38. The van der Waals surface area contributed by atoms with E-state index >= 15 is 0 Å². The van der Waals surface area contributed by atoms with Gasteiger partial charge < -0.3 is 19.6 Å². The molecule has 1 aliphatic heterocycles. The van der Waals surface area contributed by atoms with E-state index in [1.165, 1.54) is 0 Å². The number of aliphatic carboxylic acids is 1. The minimum absolute atomic E-state index is 0.0957. The van der Waals surface area contributed by atoms with Crippen LogP contribution in [0.5, 0.6) is 0 Å². The molecule has 1 saturated heterocycles. The lowest BCUT2D eigenvalue weighted by atomic mass is 9.94. The van der Waals surface area contributed by atoms with Gasteiger partial charge in [-0.2, -0.15) is 0 Å². The van der Waals surface area contributed by atoms with Gasteiger partial charge in [-0.3, -0.25) is 4.79 Å². The Morgan fingerprint density at radius 2 is 1.90 bits per heavy atom. The van der Waals surface area contributed by atoms with E-state index in [9.17, 15) is 9.59 Å². The molecule has 1 saturated carbocycles. The van der Waals surface area contributed by atoms with Crippen molar-refractivity contribution in [2.24, 2.45) is 5.92 Å². The van der Waals surface area contributed by atoms with Crippen molar-refractivity contribution in [1.29, 1.82) is 0 Å².